The van der Waals surface area contributed by atoms with Gasteiger partial charge in [0, 0.05) is 19.1 Å². The van der Waals surface area contributed by atoms with Gasteiger partial charge in [-0.3, -0.25) is 4.79 Å². The molecule has 1 saturated heterocycles. The van der Waals surface area contributed by atoms with E-state index in [9.17, 15) is 21.6 Å². The van der Waals surface area contributed by atoms with Crippen LogP contribution in [-0.2, 0) is 24.8 Å². The number of piperidine rings is 1. The van der Waals surface area contributed by atoms with Crippen LogP contribution < -0.4 is 4.72 Å². The maximum atomic E-state index is 12.3. The first kappa shape index (κ1) is 18.3. The molecule has 124 valence electrons. The second-order valence-electron chi connectivity index (χ2n) is 5.24. The largest absolute Gasteiger partial charge is 0.480 e. The third kappa shape index (κ3) is 5.20. The molecule has 21 heavy (non-hydrogen) atoms. The van der Waals surface area contributed by atoms with E-state index < -0.39 is 31.3 Å². The van der Waals surface area contributed by atoms with Crippen LogP contribution in [0.1, 0.15) is 32.6 Å². The molecule has 0 aliphatic carbocycles. The minimum atomic E-state index is -3.92. The molecule has 2 atom stereocenters. The van der Waals surface area contributed by atoms with E-state index in [1.54, 1.807) is 0 Å². The minimum absolute atomic E-state index is 0.136. The van der Waals surface area contributed by atoms with Crippen LogP contribution in [-0.4, -0.2) is 62.9 Å². The summed E-state index contributed by atoms with van der Waals surface area (Å²) in [6, 6.07) is -0.361. The first-order valence-electron chi connectivity index (χ1n) is 6.74. The van der Waals surface area contributed by atoms with Crippen LogP contribution in [0.15, 0.2) is 0 Å². The molecule has 0 aromatic heterocycles. The molecule has 2 N–H and O–H groups in total. The molecule has 0 bridgehead atoms. The van der Waals surface area contributed by atoms with E-state index in [1.165, 1.54) is 4.31 Å². The lowest BCUT2D eigenvalue weighted by Gasteiger charge is -2.35. The summed E-state index contributed by atoms with van der Waals surface area (Å²) in [4.78, 5) is 10.9. The van der Waals surface area contributed by atoms with Gasteiger partial charge in [0.2, 0.25) is 20.0 Å². The fourth-order valence-corrected chi connectivity index (χ4v) is 4.50. The number of carboxylic acid groups (broad SMARTS) is 1. The molecule has 0 amide bonds. The molecule has 1 fully saturated rings. The van der Waals surface area contributed by atoms with Crippen LogP contribution in [0.5, 0.6) is 0 Å². The summed E-state index contributed by atoms with van der Waals surface area (Å²) in [6.07, 6.45) is 3.50. The van der Waals surface area contributed by atoms with Gasteiger partial charge in [-0.1, -0.05) is 6.42 Å². The van der Waals surface area contributed by atoms with Crippen molar-refractivity contribution in [1.29, 1.82) is 0 Å². The van der Waals surface area contributed by atoms with E-state index in [0.29, 0.717) is 19.3 Å². The molecule has 8 nitrogen and oxygen atoms in total. The maximum Gasteiger partial charge on any atom is 0.323 e. The second-order valence-corrected chi connectivity index (χ2v) is 9.28. The lowest BCUT2D eigenvalue weighted by molar-refractivity contribution is -0.136. The smallest absolute Gasteiger partial charge is 0.323 e. The zero-order valence-electron chi connectivity index (χ0n) is 12.1. The average Bonchev–Trinajstić information content (AvgIpc) is 2.36. The van der Waals surface area contributed by atoms with Gasteiger partial charge in [0.15, 0.2) is 5.25 Å². The number of sulfonamides is 2. The van der Waals surface area contributed by atoms with Gasteiger partial charge in [-0.25, -0.2) is 21.6 Å². The fraction of sp³-hybridized carbons (Fsp3) is 0.909. The number of carbonyl (C=O) groups is 1. The Labute approximate surface area is 125 Å². The van der Waals surface area contributed by atoms with Gasteiger partial charge < -0.3 is 5.11 Å². The summed E-state index contributed by atoms with van der Waals surface area (Å²) in [5, 5.41) is 7.42. The van der Waals surface area contributed by atoms with Gasteiger partial charge in [-0.2, -0.15) is 4.31 Å². The van der Waals surface area contributed by atoms with Crippen molar-refractivity contribution in [1.82, 2.24) is 9.03 Å². The normalized spacial score (nSPS) is 22.9. The van der Waals surface area contributed by atoms with Crippen molar-refractivity contribution in [3.63, 3.8) is 0 Å². The van der Waals surface area contributed by atoms with E-state index in [0.717, 1.165) is 19.6 Å². The predicted molar refractivity (Wildman–Crippen MR) is 77.8 cm³/mol. The van der Waals surface area contributed by atoms with Crippen molar-refractivity contribution >= 4 is 26.0 Å². The Kier molecular flexibility index (Phi) is 6.14. The summed E-state index contributed by atoms with van der Waals surface area (Å²) in [7, 11) is -7.24. The topological polar surface area (TPSA) is 121 Å². The highest BCUT2D eigenvalue weighted by atomic mass is 32.2. The van der Waals surface area contributed by atoms with Crippen molar-refractivity contribution in [2.75, 3.05) is 19.3 Å². The molecule has 10 heteroatoms. The Morgan fingerprint density at radius 2 is 1.95 bits per heavy atom. The number of rotatable bonds is 7. The van der Waals surface area contributed by atoms with Crippen LogP contribution in [0, 0.1) is 0 Å². The molecule has 0 radical (unpaired) electrons. The van der Waals surface area contributed by atoms with Crippen LogP contribution in [0.4, 0.5) is 0 Å². The first-order valence-corrected chi connectivity index (χ1v) is 10.1. The fourth-order valence-electron chi connectivity index (χ4n) is 2.34. The van der Waals surface area contributed by atoms with Crippen molar-refractivity contribution < 1.29 is 26.7 Å². The number of aliphatic carboxylic acids is 1. The number of carboxylic acids is 1. The minimum Gasteiger partial charge on any atom is -0.480 e. The summed E-state index contributed by atoms with van der Waals surface area (Å²) in [5.74, 6) is -1.38. The molecule has 1 heterocycles. The summed E-state index contributed by atoms with van der Waals surface area (Å²) < 4.78 is 50.2. The van der Waals surface area contributed by atoms with Crippen LogP contribution in [0.3, 0.4) is 0 Å². The summed E-state index contributed by atoms with van der Waals surface area (Å²) >= 11 is 0. The van der Waals surface area contributed by atoms with Crippen LogP contribution >= 0.6 is 0 Å². The highest BCUT2D eigenvalue weighted by Crippen LogP contribution is 2.25. The molecule has 0 aromatic rings. The lowest BCUT2D eigenvalue weighted by atomic mass is 10.0. The SMILES string of the molecule is CC(C(=O)O)S(=O)(=O)N1CCCCC1CCNS(C)(=O)=O. The lowest BCUT2D eigenvalue weighted by Crippen LogP contribution is -2.49. The number of hydrogen-bond donors (Lipinski definition) is 2. The summed E-state index contributed by atoms with van der Waals surface area (Å²) in [5.41, 5.74) is 0. The van der Waals surface area contributed by atoms with Gasteiger partial charge in [-0.05, 0) is 26.2 Å². The van der Waals surface area contributed by atoms with E-state index in [-0.39, 0.29) is 19.1 Å². The zero-order valence-corrected chi connectivity index (χ0v) is 13.8. The third-order valence-corrected chi connectivity index (χ3v) is 6.49. The van der Waals surface area contributed by atoms with Crippen molar-refractivity contribution in [3.05, 3.63) is 0 Å². The van der Waals surface area contributed by atoms with Gasteiger partial charge in [0.05, 0.1) is 6.26 Å². The van der Waals surface area contributed by atoms with Crippen LogP contribution in [0.2, 0.25) is 0 Å². The van der Waals surface area contributed by atoms with Crippen molar-refractivity contribution in [3.8, 4) is 0 Å². The Balaban J connectivity index is 2.80. The van der Waals surface area contributed by atoms with E-state index in [1.807, 2.05) is 0 Å². The molecule has 1 aliphatic rings. The molecule has 2 unspecified atom stereocenters. The highest BCUT2D eigenvalue weighted by molar-refractivity contribution is 7.90. The molecular formula is C11H22N2O6S2. The van der Waals surface area contributed by atoms with Crippen LogP contribution in [0.25, 0.3) is 0 Å². The molecular weight excluding hydrogens is 320 g/mol. The predicted octanol–water partition coefficient (Wildman–Crippen LogP) is -0.417. The highest BCUT2D eigenvalue weighted by Gasteiger charge is 2.38. The standard InChI is InChI=1S/C11H22N2O6S2/c1-9(11(14)15)21(18,19)13-8-4-3-5-10(13)6-7-12-20(2,16)17/h9-10,12H,3-8H2,1-2H3,(H,14,15). The third-order valence-electron chi connectivity index (χ3n) is 3.54. The molecule has 1 aliphatic heterocycles. The zero-order chi connectivity index (χ0) is 16.3. The van der Waals surface area contributed by atoms with Gasteiger partial charge in [0.25, 0.3) is 0 Å². The van der Waals surface area contributed by atoms with Crippen molar-refractivity contribution in [2.45, 2.75) is 43.9 Å². The Hall–Kier alpha value is -0.710. The molecule has 0 saturated carbocycles. The maximum absolute atomic E-state index is 12.3. The Morgan fingerprint density at radius 1 is 1.33 bits per heavy atom. The quantitative estimate of drug-likeness (QED) is 0.648. The second kappa shape index (κ2) is 7.03. The summed E-state index contributed by atoms with van der Waals surface area (Å²) in [6.45, 7) is 1.57. The van der Waals surface area contributed by atoms with E-state index in [4.69, 9.17) is 5.11 Å². The molecule has 0 aromatic carbocycles. The number of nitrogens with zero attached hydrogens (tertiary/aromatic N) is 1. The average molecular weight is 342 g/mol. The molecule has 0 spiro atoms. The first-order chi connectivity index (χ1) is 9.55. The van der Waals surface area contributed by atoms with Gasteiger partial charge >= 0.3 is 5.97 Å². The van der Waals surface area contributed by atoms with E-state index >= 15 is 0 Å². The Morgan fingerprint density at radius 3 is 2.48 bits per heavy atom. The monoisotopic (exact) mass is 342 g/mol. The Bertz CT molecular complexity index is 572. The number of nitrogens with one attached hydrogen (secondary N) is 1. The van der Waals surface area contributed by atoms with Crippen molar-refractivity contribution in [2.24, 2.45) is 0 Å². The number of hydrogen-bond acceptors (Lipinski definition) is 5. The van der Waals surface area contributed by atoms with E-state index in [2.05, 4.69) is 4.72 Å². The van der Waals surface area contributed by atoms with Gasteiger partial charge in [0.1, 0.15) is 0 Å². The van der Waals surface area contributed by atoms with Gasteiger partial charge in [-0.15, -0.1) is 0 Å². The molecule has 1 rings (SSSR count).